The molecule has 144 valence electrons. The number of nitrogens with zero attached hydrogens (tertiary/aromatic N) is 2. The van der Waals surface area contributed by atoms with Crippen molar-refractivity contribution in [3.05, 3.63) is 59.7 Å². The third-order valence-electron chi connectivity index (χ3n) is 7.13. The van der Waals surface area contributed by atoms with Crippen LogP contribution in [-0.2, 0) is 11.3 Å². The van der Waals surface area contributed by atoms with Crippen LogP contribution in [0.3, 0.4) is 0 Å². The molecule has 0 aliphatic carbocycles. The van der Waals surface area contributed by atoms with Gasteiger partial charge in [0, 0.05) is 49.1 Å². The van der Waals surface area contributed by atoms with E-state index in [1.165, 1.54) is 16.7 Å². The standard InChI is InChI=1S/C24H26N2O2/c1-15-20-14-26-10-9-16-7-8-18(24-12-17-5-3-4-6-23(17)27-24)11-19(16)22(26)13-21(20)25(2)28-15/h3-8,11-12,15,20-22H,9-10,13-14H2,1-2H3/t15-,20-,21-,22-/m0/s1. The van der Waals surface area contributed by atoms with Gasteiger partial charge in [-0.15, -0.1) is 0 Å². The largest absolute Gasteiger partial charge is 0.456 e. The first-order chi connectivity index (χ1) is 13.7. The molecule has 4 heterocycles. The molecule has 0 saturated carbocycles. The Bertz CT molecular complexity index is 1010. The zero-order valence-corrected chi connectivity index (χ0v) is 16.5. The van der Waals surface area contributed by atoms with Crippen LogP contribution in [0.25, 0.3) is 22.3 Å². The van der Waals surface area contributed by atoms with Crippen LogP contribution in [0.4, 0.5) is 0 Å². The van der Waals surface area contributed by atoms with Gasteiger partial charge in [-0.3, -0.25) is 9.74 Å². The zero-order chi connectivity index (χ0) is 18.8. The first-order valence-corrected chi connectivity index (χ1v) is 10.4. The fourth-order valence-corrected chi connectivity index (χ4v) is 5.62. The summed E-state index contributed by atoms with van der Waals surface area (Å²) in [5.41, 5.74) is 5.11. The lowest BCUT2D eigenvalue weighted by molar-refractivity contribution is -0.140. The second kappa shape index (κ2) is 6.18. The smallest absolute Gasteiger partial charge is 0.135 e. The fourth-order valence-electron chi connectivity index (χ4n) is 5.62. The molecule has 3 aromatic rings. The summed E-state index contributed by atoms with van der Waals surface area (Å²) in [6.07, 6.45) is 2.59. The van der Waals surface area contributed by atoms with Crippen molar-refractivity contribution in [3.8, 4) is 11.3 Å². The number of piperidine rings is 1. The van der Waals surface area contributed by atoms with Gasteiger partial charge >= 0.3 is 0 Å². The summed E-state index contributed by atoms with van der Waals surface area (Å²) in [6.45, 7) is 4.51. The van der Waals surface area contributed by atoms with Gasteiger partial charge in [0.15, 0.2) is 0 Å². The van der Waals surface area contributed by atoms with E-state index in [-0.39, 0.29) is 0 Å². The molecule has 0 radical (unpaired) electrons. The van der Waals surface area contributed by atoms with Crippen molar-refractivity contribution in [1.82, 2.24) is 9.96 Å². The minimum absolute atomic E-state index is 0.319. The summed E-state index contributed by atoms with van der Waals surface area (Å²) >= 11 is 0. The van der Waals surface area contributed by atoms with E-state index in [9.17, 15) is 0 Å². The van der Waals surface area contributed by atoms with Crippen molar-refractivity contribution in [2.45, 2.75) is 38.0 Å². The Kier molecular flexibility index (Phi) is 3.70. The summed E-state index contributed by atoms with van der Waals surface area (Å²) in [7, 11) is 2.10. The summed E-state index contributed by atoms with van der Waals surface area (Å²) in [5.74, 6) is 1.58. The molecular weight excluding hydrogens is 348 g/mol. The van der Waals surface area contributed by atoms with Crippen molar-refractivity contribution in [3.63, 3.8) is 0 Å². The van der Waals surface area contributed by atoms with Gasteiger partial charge in [0.2, 0.25) is 0 Å². The van der Waals surface area contributed by atoms with Gasteiger partial charge in [-0.2, -0.15) is 5.06 Å². The van der Waals surface area contributed by atoms with Crippen molar-refractivity contribution in [2.75, 3.05) is 20.1 Å². The number of furan rings is 1. The number of fused-ring (bicyclic) bond motifs is 5. The Morgan fingerprint density at radius 2 is 1.96 bits per heavy atom. The summed E-state index contributed by atoms with van der Waals surface area (Å²) in [6, 6.07) is 18.3. The molecule has 3 aliphatic heterocycles. The Morgan fingerprint density at radius 3 is 2.86 bits per heavy atom. The van der Waals surface area contributed by atoms with Crippen LogP contribution in [0.1, 0.15) is 30.5 Å². The second-order valence-corrected chi connectivity index (χ2v) is 8.65. The SMILES string of the molecule is C[C@@H]1ON(C)[C@H]2C[C@H]3c4cc(-c5cc6ccccc6o5)ccc4CCN3C[C@@H]12. The number of benzene rings is 2. The van der Waals surface area contributed by atoms with Gasteiger partial charge < -0.3 is 4.42 Å². The first kappa shape index (κ1) is 16.8. The molecule has 1 aromatic heterocycles. The van der Waals surface area contributed by atoms with E-state index in [1.807, 2.05) is 12.1 Å². The van der Waals surface area contributed by atoms with E-state index in [0.29, 0.717) is 24.1 Å². The highest BCUT2D eigenvalue weighted by molar-refractivity contribution is 5.82. The lowest BCUT2D eigenvalue weighted by Crippen LogP contribution is -2.50. The minimum Gasteiger partial charge on any atom is -0.456 e. The summed E-state index contributed by atoms with van der Waals surface area (Å²) < 4.78 is 6.14. The number of para-hydroxylation sites is 1. The maximum Gasteiger partial charge on any atom is 0.135 e. The topological polar surface area (TPSA) is 28.9 Å². The molecular formula is C24H26N2O2. The molecule has 2 aromatic carbocycles. The van der Waals surface area contributed by atoms with Crippen molar-refractivity contribution in [1.29, 1.82) is 0 Å². The maximum atomic E-state index is 6.14. The van der Waals surface area contributed by atoms with E-state index < -0.39 is 0 Å². The van der Waals surface area contributed by atoms with Crippen LogP contribution in [0.15, 0.2) is 52.9 Å². The molecule has 4 heteroatoms. The molecule has 0 amide bonds. The van der Waals surface area contributed by atoms with Gasteiger partial charge in [0.05, 0.1) is 6.10 Å². The molecule has 4 nitrogen and oxygen atoms in total. The second-order valence-electron chi connectivity index (χ2n) is 8.65. The normalized spacial score (nSPS) is 30.2. The number of hydrogen-bond donors (Lipinski definition) is 0. The van der Waals surface area contributed by atoms with Gasteiger partial charge in [-0.1, -0.05) is 30.3 Å². The highest BCUT2D eigenvalue weighted by Gasteiger charge is 2.47. The van der Waals surface area contributed by atoms with Crippen molar-refractivity contribution in [2.24, 2.45) is 5.92 Å². The quantitative estimate of drug-likeness (QED) is 0.620. The lowest BCUT2D eigenvalue weighted by Gasteiger charge is -2.46. The average molecular weight is 374 g/mol. The molecule has 3 aliphatic rings. The van der Waals surface area contributed by atoms with E-state index in [2.05, 4.69) is 60.3 Å². The lowest BCUT2D eigenvalue weighted by atomic mass is 9.79. The van der Waals surface area contributed by atoms with Crippen LogP contribution in [0.5, 0.6) is 0 Å². The van der Waals surface area contributed by atoms with Crippen molar-refractivity contribution < 1.29 is 9.25 Å². The van der Waals surface area contributed by atoms with Gasteiger partial charge in [0.25, 0.3) is 0 Å². The predicted octanol–water partition coefficient (Wildman–Crippen LogP) is 4.65. The van der Waals surface area contributed by atoms with Gasteiger partial charge in [-0.05, 0) is 49.1 Å². The van der Waals surface area contributed by atoms with E-state index in [1.54, 1.807) is 0 Å². The van der Waals surface area contributed by atoms with Crippen LogP contribution in [0.2, 0.25) is 0 Å². The Balaban J connectivity index is 1.38. The molecule has 0 spiro atoms. The van der Waals surface area contributed by atoms with Gasteiger partial charge in [0.1, 0.15) is 11.3 Å². The minimum atomic E-state index is 0.319. The Labute approximate surface area is 165 Å². The molecule has 2 fully saturated rings. The fraction of sp³-hybridized carbons (Fsp3) is 0.417. The summed E-state index contributed by atoms with van der Waals surface area (Å²) in [5, 5.41) is 3.28. The van der Waals surface area contributed by atoms with Crippen LogP contribution < -0.4 is 0 Å². The van der Waals surface area contributed by atoms with Crippen LogP contribution >= 0.6 is 0 Å². The number of hydrogen-bond acceptors (Lipinski definition) is 4. The highest BCUT2D eigenvalue weighted by Crippen LogP contribution is 2.44. The third kappa shape index (κ3) is 2.48. The van der Waals surface area contributed by atoms with E-state index in [4.69, 9.17) is 9.25 Å². The molecule has 0 unspecified atom stereocenters. The molecule has 6 rings (SSSR count). The summed E-state index contributed by atoms with van der Waals surface area (Å²) in [4.78, 5) is 8.71. The first-order valence-electron chi connectivity index (χ1n) is 10.4. The van der Waals surface area contributed by atoms with E-state index >= 15 is 0 Å². The molecule has 2 saturated heterocycles. The van der Waals surface area contributed by atoms with E-state index in [0.717, 1.165) is 42.7 Å². The zero-order valence-electron chi connectivity index (χ0n) is 16.5. The van der Waals surface area contributed by atoms with Gasteiger partial charge in [-0.25, -0.2) is 0 Å². The molecule has 0 bridgehead atoms. The Hall–Kier alpha value is -2.14. The van der Waals surface area contributed by atoms with Crippen LogP contribution in [0, 0.1) is 5.92 Å². The maximum absolute atomic E-state index is 6.14. The molecule has 4 atom stereocenters. The predicted molar refractivity (Wildman–Crippen MR) is 110 cm³/mol. The number of rotatable bonds is 1. The third-order valence-corrected chi connectivity index (χ3v) is 7.13. The Morgan fingerprint density at radius 1 is 1.07 bits per heavy atom. The number of hydroxylamine groups is 2. The molecule has 28 heavy (non-hydrogen) atoms. The highest BCUT2D eigenvalue weighted by atomic mass is 16.7. The average Bonchev–Trinajstić information content (AvgIpc) is 3.27. The van der Waals surface area contributed by atoms with Crippen LogP contribution in [-0.4, -0.2) is 42.2 Å². The van der Waals surface area contributed by atoms with Crippen molar-refractivity contribution >= 4 is 11.0 Å². The molecule has 0 N–H and O–H groups in total. The monoisotopic (exact) mass is 374 g/mol.